The summed E-state index contributed by atoms with van der Waals surface area (Å²) in [6.45, 7) is 6.33. The highest BCUT2D eigenvalue weighted by Crippen LogP contribution is 2.44. The Balaban J connectivity index is 1.96. The fraction of sp³-hybridized carbons (Fsp3) is 1.00. The van der Waals surface area contributed by atoms with Gasteiger partial charge in [-0.05, 0) is 37.8 Å². The topological polar surface area (TPSA) is 3.24 Å². The molecule has 0 radical (unpaired) electrons. The van der Waals surface area contributed by atoms with Crippen LogP contribution in [0.5, 0.6) is 0 Å². The van der Waals surface area contributed by atoms with Crippen LogP contribution in [-0.4, -0.2) is 24.5 Å². The van der Waals surface area contributed by atoms with Gasteiger partial charge in [0.2, 0.25) is 0 Å². The van der Waals surface area contributed by atoms with Crippen LogP contribution in [0.3, 0.4) is 0 Å². The van der Waals surface area contributed by atoms with E-state index in [2.05, 4.69) is 11.8 Å². The minimum absolute atomic E-state index is 0.788. The maximum Gasteiger partial charge on any atom is 0.00383 e. The Kier molecular flexibility index (Phi) is 1.92. The summed E-state index contributed by atoms with van der Waals surface area (Å²) >= 11 is 0. The van der Waals surface area contributed by atoms with Crippen molar-refractivity contribution >= 4 is 0 Å². The van der Waals surface area contributed by atoms with E-state index in [0.29, 0.717) is 0 Å². The zero-order valence-corrected chi connectivity index (χ0v) is 7.60. The van der Waals surface area contributed by atoms with Gasteiger partial charge in [-0.3, -0.25) is 0 Å². The SMILES string of the molecule is CCN1CCC2(CCCC2)C1. The molecule has 2 aliphatic rings. The second kappa shape index (κ2) is 2.78. The molecule has 1 heterocycles. The smallest absolute Gasteiger partial charge is 0.00383 e. The van der Waals surface area contributed by atoms with Gasteiger partial charge in [0.1, 0.15) is 0 Å². The maximum absolute atomic E-state index is 2.62. The third-order valence-corrected chi connectivity index (χ3v) is 3.63. The Hall–Kier alpha value is -0.0400. The van der Waals surface area contributed by atoms with Gasteiger partial charge in [-0.25, -0.2) is 0 Å². The Morgan fingerprint density at radius 1 is 1.18 bits per heavy atom. The van der Waals surface area contributed by atoms with Crippen molar-refractivity contribution in [3.63, 3.8) is 0 Å². The highest BCUT2D eigenvalue weighted by molar-refractivity contribution is 4.92. The number of rotatable bonds is 1. The summed E-state index contributed by atoms with van der Waals surface area (Å²) in [6.07, 6.45) is 7.52. The first kappa shape index (κ1) is 7.60. The molecule has 0 aromatic heterocycles. The van der Waals surface area contributed by atoms with Crippen LogP contribution in [0, 0.1) is 5.41 Å². The van der Waals surface area contributed by atoms with E-state index in [4.69, 9.17) is 0 Å². The highest BCUT2D eigenvalue weighted by atomic mass is 15.1. The molecule has 0 atom stereocenters. The molecule has 2 fully saturated rings. The molecule has 1 nitrogen and oxygen atoms in total. The molecule has 2 rings (SSSR count). The van der Waals surface area contributed by atoms with Gasteiger partial charge in [0.25, 0.3) is 0 Å². The summed E-state index contributed by atoms with van der Waals surface area (Å²) in [4.78, 5) is 2.62. The zero-order chi connectivity index (χ0) is 7.73. The molecule has 0 N–H and O–H groups in total. The van der Waals surface area contributed by atoms with Crippen LogP contribution in [0.15, 0.2) is 0 Å². The predicted molar refractivity (Wildman–Crippen MR) is 47.6 cm³/mol. The fourth-order valence-electron chi connectivity index (χ4n) is 2.83. The minimum atomic E-state index is 0.788. The van der Waals surface area contributed by atoms with Crippen LogP contribution >= 0.6 is 0 Å². The normalized spacial score (nSPS) is 30.3. The Labute approximate surface area is 69.8 Å². The summed E-state index contributed by atoms with van der Waals surface area (Å²) in [5.41, 5.74) is 0.788. The first-order chi connectivity index (χ1) is 5.35. The van der Waals surface area contributed by atoms with E-state index in [1.165, 1.54) is 51.7 Å². The molecule has 1 spiro atoms. The second-order valence-electron chi connectivity index (χ2n) is 4.33. The van der Waals surface area contributed by atoms with Gasteiger partial charge in [-0.2, -0.15) is 0 Å². The van der Waals surface area contributed by atoms with Crippen molar-refractivity contribution in [3.8, 4) is 0 Å². The molecule has 0 unspecified atom stereocenters. The predicted octanol–water partition coefficient (Wildman–Crippen LogP) is 2.27. The van der Waals surface area contributed by atoms with Gasteiger partial charge in [0, 0.05) is 6.54 Å². The number of hydrogen-bond acceptors (Lipinski definition) is 1. The van der Waals surface area contributed by atoms with Crippen LogP contribution in [0.25, 0.3) is 0 Å². The van der Waals surface area contributed by atoms with E-state index in [0.717, 1.165) is 5.41 Å². The highest BCUT2D eigenvalue weighted by Gasteiger charge is 2.39. The molecule has 1 saturated carbocycles. The Morgan fingerprint density at radius 3 is 2.45 bits per heavy atom. The van der Waals surface area contributed by atoms with Gasteiger partial charge in [-0.1, -0.05) is 19.8 Å². The van der Waals surface area contributed by atoms with Crippen molar-refractivity contribution in [2.75, 3.05) is 19.6 Å². The van der Waals surface area contributed by atoms with Crippen molar-refractivity contribution in [3.05, 3.63) is 0 Å². The maximum atomic E-state index is 2.62. The van der Waals surface area contributed by atoms with Crippen LogP contribution in [0.2, 0.25) is 0 Å². The summed E-state index contributed by atoms with van der Waals surface area (Å²) in [7, 11) is 0. The third-order valence-electron chi connectivity index (χ3n) is 3.63. The molecule has 1 heteroatoms. The number of nitrogens with zero attached hydrogens (tertiary/aromatic N) is 1. The van der Waals surface area contributed by atoms with Gasteiger partial charge < -0.3 is 4.90 Å². The summed E-state index contributed by atoms with van der Waals surface area (Å²) in [5, 5.41) is 0. The van der Waals surface area contributed by atoms with E-state index < -0.39 is 0 Å². The molecule has 1 aliphatic heterocycles. The zero-order valence-electron chi connectivity index (χ0n) is 7.60. The molecular formula is C10H19N. The van der Waals surface area contributed by atoms with Crippen LogP contribution in [-0.2, 0) is 0 Å². The summed E-state index contributed by atoms with van der Waals surface area (Å²) in [5.74, 6) is 0. The van der Waals surface area contributed by atoms with E-state index in [9.17, 15) is 0 Å². The van der Waals surface area contributed by atoms with Gasteiger partial charge >= 0.3 is 0 Å². The second-order valence-corrected chi connectivity index (χ2v) is 4.33. The lowest BCUT2D eigenvalue weighted by atomic mass is 9.86. The average Bonchev–Trinajstić information content (AvgIpc) is 2.62. The molecule has 1 aliphatic carbocycles. The molecule has 1 saturated heterocycles. The van der Waals surface area contributed by atoms with Gasteiger partial charge in [0.15, 0.2) is 0 Å². The summed E-state index contributed by atoms with van der Waals surface area (Å²) in [6, 6.07) is 0. The van der Waals surface area contributed by atoms with Crippen molar-refractivity contribution in [2.45, 2.75) is 39.0 Å². The van der Waals surface area contributed by atoms with Gasteiger partial charge in [0.05, 0.1) is 0 Å². The first-order valence-corrected chi connectivity index (χ1v) is 5.07. The van der Waals surface area contributed by atoms with Crippen LogP contribution in [0.4, 0.5) is 0 Å². The number of hydrogen-bond donors (Lipinski definition) is 0. The average molecular weight is 153 g/mol. The lowest BCUT2D eigenvalue weighted by Gasteiger charge is -2.22. The molecule has 11 heavy (non-hydrogen) atoms. The van der Waals surface area contributed by atoms with Crippen molar-refractivity contribution in [1.82, 2.24) is 4.90 Å². The first-order valence-electron chi connectivity index (χ1n) is 5.07. The van der Waals surface area contributed by atoms with Crippen molar-refractivity contribution in [2.24, 2.45) is 5.41 Å². The minimum Gasteiger partial charge on any atom is -0.303 e. The Bertz CT molecular complexity index is 136. The lowest BCUT2D eigenvalue weighted by molar-refractivity contribution is 0.269. The largest absolute Gasteiger partial charge is 0.303 e. The Morgan fingerprint density at radius 2 is 1.91 bits per heavy atom. The van der Waals surface area contributed by atoms with E-state index >= 15 is 0 Å². The molecule has 0 amide bonds. The standard InChI is InChI=1S/C10H19N/c1-2-11-8-7-10(9-11)5-3-4-6-10/h2-9H2,1H3. The summed E-state index contributed by atoms with van der Waals surface area (Å²) < 4.78 is 0. The molecule has 0 aromatic rings. The third kappa shape index (κ3) is 1.31. The van der Waals surface area contributed by atoms with E-state index in [1.807, 2.05) is 0 Å². The molecule has 64 valence electrons. The molecule has 0 bridgehead atoms. The van der Waals surface area contributed by atoms with Crippen molar-refractivity contribution < 1.29 is 0 Å². The monoisotopic (exact) mass is 153 g/mol. The molecule has 0 aromatic carbocycles. The van der Waals surface area contributed by atoms with Crippen LogP contribution < -0.4 is 0 Å². The fourth-order valence-corrected chi connectivity index (χ4v) is 2.83. The van der Waals surface area contributed by atoms with Crippen LogP contribution in [0.1, 0.15) is 39.0 Å². The van der Waals surface area contributed by atoms with Gasteiger partial charge in [-0.15, -0.1) is 0 Å². The molecular weight excluding hydrogens is 134 g/mol. The quantitative estimate of drug-likeness (QED) is 0.558. The lowest BCUT2D eigenvalue weighted by Crippen LogP contribution is -2.24. The van der Waals surface area contributed by atoms with Crippen molar-refractivity contribution in [1.29, 1.82) is 0 Å². The van der Waals surface area contributed by atoms with E-state index in [-0.39, 0.29) is 0 Å². The van der Waals surface area contributed by atoms with E-state index in [1.54, 1.807) is 0 Å². The number of likely N-dealkylation sites (tertiary alicyclic amines) is 1.